The second-order valence-electron chi connectivity index (χ2n) is 7.83. The summed E-state index contributed by atoms with van der Waals surface area (Å²) in [6, 6.07) is 15.6. The summed E-state index contributed by atoms with van der Waals surface area (Å²) >= 11 is 0. The number of benzene rings is 2. The van der Waals surface area contributed by atoms with Gasteiger partial charge in [0.25, 0.3) is 5.91 Å². The second kappa shape index (κ2) is 9.59. The van der Waals surface area contributed by atoms with E-state index in [1.165, 1.54) is 0 Å². The molecule has 0 aliphatic rings. The molecule has 1 aromatic heterocycles. The van der Waals surface area contributed by atoms with E-state index in [1.54, 1.807) is 13.2 Å². The maximum absolute atomic E-state index is 13.3. The van der Waals surface area contributed by atoms with Crippen LogP contribution >= 0.6 is 0 Å². The molecule has 0 radical (unpaired) electrons. The van der Waals surface area contributed by atoms with Gasteiger partial charge in [-0.1, -0.05) is 45.4 Å². The molecule has 3 aromatic rings. The van der Waals surface area contributed by atoms with Crippen LogP contribution in [0.15, 0.2) is 48.5 Å². The summed E-state index contributed by atoms with van der Waals surface area (Å²) in [4.78, 5) is 20.1. The number of rotatable bonds is 9. The van der Waals surface area contributed by atoms with Gasteiger partial charge in [-0.3, -0.25) is 4.79 Å². The number of aryl methyl sites for hydroxylation is 1. The Bertz CT molecular complexity index is 962. The van der Waals surface area contributed by atoms with Crippen LogP contribution in [-0.4, -0.2) is 34.0 Å². The third-order valence-corrected chi connectivity index (χ3v) is 4.99. The monoisotopic (exact) mass is 393 g/mol. The van der Waals surface area contributed by atoms with Crippen molar-refractivity contribution in [3.05, 3.63) is 59.9 Å². The molecule has 5 nitrogen and oxygen atoms in total. The van der Waals surface area contributed by atoms with Crippen molar-refractivity contribution >= 4 is 16.9 Å². The number of para-hydroxylation sites is 2. The molecule has 0 N–H and O–H groups in total. The maximum Gasteiger partial charge on any atom is 0.254 e. The molecule has 0 spiro atoms. The zero-order chi connectivity index (χ0) is 20.8. The number of hydrogen-bond donors (Lipinski definition) is 0. The van der Waals surface area contributed by atoms with Crippen LogP contribution in [0.3, 0.4) is 0 Å². The van der Waals surface area contributed by atoms with Gasteiger partial charge in [0, 0.05) is 18.7 Å². The predicted molar refractivity (Wildman–Crippen MR) is 117 cm³/mol. The number of unbranched alkanes of at least 4 members (excludes halogenated alkanes) is 1. The van der Waals surface area contributed by atoms with Crippen molar-refractivity contribution < 1.29 is 9.53 Å². The first-order chi connectivity index (χ1) is 14.0. The number of carbonyl (C=O) groups is 1. The molecule has 0 bridgehead atoms. The number of fused-ring (bicyclic) bond motifs is 1. The van der Waals surface area contributed by atoms with Crippen LogP contribution in [-0.2, 0) is 13.1 Å². The van der Waals surface area contributed by atoms with Crippen LogP contribution in [0.5, 0.6) is 5.75 Å². The topological polar surface area (TPSA) is 47.4 Å². The number of amides is 1. The largest absolute Gasteiger partial charge is 0.497 e. The fourth-order valence-electron chi connectivity index (χ4n) is 3.58. The van der Waals surface area contributed by atoms with E-state index in [-0.39, 0.29) is 5.91 Å². The molecule has 0 fully saturated rings. The quantitative estimate of drug-likeness (QED) is 0.505. The fourth-order valence-corrected chi connectivity index (χ4v) is 3.58. The Hall–Kier alpha value is -2.82. The molecule has 154 valence electrons. The number of methoxy groups -OCH3 is 1. The number of aromatic nitrogens is 2. The Morgan fingerprint density at radius 3 is 2.69 bits per heavy atom. The molecular formula is C24H31N3O2. The second-order valence-corrected chi connectivity index (χ2v) is 7.83. The molecule has 0 saturated carbocycles. The Kier molecular flexibility index (Phi) is 6.91. The summed E-state index contributed by atoms with van der Waals surface area (Å²) in [5, 5.41) is 0. The van der Waals surface area contributed by atoms with E-state index in [9.17, 15) is 4.79 Å². The van der Waals surface area contributed by atoms with Gasteiger partial charge in [0.05, 0.1) is 24.7 Å². The molecule has 0 saturated heterocycles. The molecule has 0 unspecified atom stereocenters. The minimum atomic E-state index is 0.00620. The first-order valence-corrected chi connectivity index (χ1v) is 10.4. The molecule has 29 heavy (non-hydrogen) atoms. The van der Waals surface area contributed by atoms with Gasteiger partial charge < -0.3 is 14.2 Å². The first kappa shape index (κ1) is 20.9. The Balaban J connectivity index is 1.95. The van der Waals surface area contributed by atoms with Crippen LogP contribution in [0.2, 0.25) is 0 Å². The third kappa shape index (κ3) is 4.97. The van der Waals surface area contributed by atoms with Gasteiger partial charge in [-0.15, -0.1) is 0 Å². The molecule has 0 aliphatic heterocycles. The highest BCUT2D eigenvalue weighted by atomic mass is 16.5. The van der Waals surface area contributed by atoms with Gasteiger partial charge in [-0.25, -0.2) is 4.98 Å². The Morgan fingerprint density at radius 1 is 1.17 bits per heavy atom. The van der Waals surface area contributed by atoms with Crippen LogP contribution in [0.25, 0.3) is 11.0 Å². The first-order valence-electron chi connectivity index (χ1n) is 10.4. The number of nitrogens with zero attached hydrogens (tertiary/aromatic N) is 3. The lowest BCUT2D eigenvalue weighted by Crippen LogP contribution is -2.34. The van der Waals surface area contributed by atoms with E-state index in [4.69, 9.17) is 9.72 Å². The Morgan fingerprint density at radius 2 is 1.97 bits per heavy atom. The number of ether oxygens (including phenoxy) is 1. The third-order valence-electron chi connectivity index (χ3n) is 4.99. The summed E-state index contributed by atoms with van der Waals surface area (Å²) in [6.07, 6.45) is 2.20. The van der Waals surface area contributed by atoms with E-state index in [0.29, 0.717) is 30.3 Å². The van der Waals surface area contributed by atoms with Crippen LogP contribution in [0.1, 0.15) is 49.8 Å². The molecule has 0 aliphatic carbocycles. The summed E-state index contributed by atoms with van der Waals surface area (Å²) in [7, 11) is 1.62. The summed E-state index contributed by atoms with van der Waals surface area (Å²) < 4.78 is 7.57. The van der Waals surface area contributed by atoms with Gasteiger partial charge in [-0.05, 0) is 42.7 Å². The SMILES string of the molecule is CCCCn1c(CN(CC(C)C)C(=O)c2cccc(OC)c2)nc2ccccc21. The van der Waals surface area contributed by atoms with Crippen LogP contribution in [0.4, 0.5) is 0 Å². The van der Waals surface area contributed by atoms with Crippen LogP contribution < -0.4 is 4.74 Å². The van der Waals surface area contributed by atoms with Gasteiger partial charge >= 0.3 is 0 Å². The molecule has 1 amide bonds. The van der Waals surface area contributed by atoms with E-state index in [1.807, 2.05) is 41.3 Å². The predicted octanol–water partition coefficient (Wildman–Crippen LogP) is 5.14. The average Bonchev–Trinajstić information content (AvgIpc) is 3.07. The van der Waals surface area contributed by atoms with E-state index in [2.05, 4.69) is 31.4 Å². The Labute approximate surface area is 173 Å². The lowest BCUT2D eigenvalue weighted by atomic mass is 10.1. The highest BCUT2D eigenvalue weighted by Gasteiger charge is 2.21. The lowest BCUT2D eigenvalue weighted by Gasteiger charge is -2.25. The van der Waals surface area contributed by atoms with Gasteiger partial charge in [0.15, 0.2) is 0 Å². The molecule has 2 aromatic carbocycles. The summed E-state index contributed by atoms with van der Waals surface area (Å²) in [5.41, 5.74) is 2.76. The smallest absolute Gasteiger partial charge is 0.254 e. The van der Waals surface area contributed by atoms with Crippen molar-refractivity contribution in [2.45, 2.75) is 46.7 Å². The minimum Gasteiger partial charge on any atom is -0.497 e. The molecule has 5 heteroatoms. The summed E-state index contributed by atoms with van der Waals surface area (Å²) in [6.45, 7) is 8.53. The number of carbonyl (C=O) groups excluding carboxylic acids is 1. The fraction of sp³-hybridized carbons (Fsp3) is 0.417. The van der Waals surface area contributed by atoms with Crippen molar-refractivity contribution in [2.75, 3.05) is 13.7 Å². The average molecular weight is 394 g/mol. The lowest BCUT2D eigenvalue weighted by molar-refractivity contribution is 0.0716. The van der Waals surface area contributed by atoms with Crippen LogP contribution in [0, 0.1) is 5.92 Å². The molecule has 1 heterocycles. The van der Waals surface area contributed by atoms with E-state index < -0.39 is 0 Å². The van der Waals surface area contributed by atoms with Crippen molar-refractivity contribution in [1.82, 2.24) is 14.5 Å². The standard InChI is InChI=1S/C24H31N3O2/c1-5-6-14-27-22-13-8-7-12-21(22)25-23(27)17-26(16-18(2)3)24(28)19-10-9-11-20(15-19)29-4/h7-13,15,18H,5-6,14,16-17H2,1-4H3. The van der Waals surface area contributed by atoms with E-state index >= 15 is 0 Å². The van der Waals surface area contributed by atoms with Crippen molar-refractivity contribution in [2.24, 2.45) is 5.92 Å². The normalized spacial score (nSPS) is 11.2. The summed E-state index contributed by atoms with van der Waals surface area (Å²) in [5.74, 6) is 2.00. The highest BCUT2D eigenvalue weighted by molar-refractivity contribution is 5.94. The maximum atomic E-state index is 13.3. The van der Waals surface area contributed by atoms with Gasteiger partial charge in [0.2, 0.25) is 0 Å². The molecule has 0 atom stereocenters. The highest BCUT2D eigenvalue weighted by Crippen LogP contribution is 2.21. The van der Waals surface area contributed by atoms with E-state index in [0.717, 1.165) is 36.2 Å². The van der Waals surface area contributed by atoms with Gasteiger partial charge in [0.1, 0.15) is 11.6 Å². The van der Waals surface area contributed by atoms with Gasteiger partial charge in [-0.2, -0.15) is 0 Å². The molecular weight excluding hydrogens is 362 g/mol. The minimum absolute atomic E-state index is 0.00620. The molecule has 3 rings (SSSR count). The zero-order valence-electron chi connectivity index (χ0n) is 17.9. The van der Waals surface area contributed by atoms with Crippen molar-refractivity contribution in [3.63, 3.8) is 0 Å². The van der Waals surface area contributed by atoms with Crippen molar-refractivity contribution in [1.29, 1.82) is 0 Å². The zero-order valence-corrected chi connectivity index (χ0v) is 17.9. The number of hydrogen-bond acceptors (Lipinski definition) is 3. The number of imidazole rings is 1. The van der Waals surface area contributed by atoms with Crippen molar-refractivity contribution in [3.8, 4) is 5.75 Å².